The van der Waals surface area contributed by atoms with Crippen molar-refractivity contribution in [1.82, 2.24) is 5.32 Å². The number of halogens is 3. The highest BCUT2D eigenvalue weighted by atomic mass is 32.2. The molecule has 0 radical (unpaired) electrons. The molecule has 1 amide bonds. The molecule has 0 heterocycles. The quantitative estimate of drug-likeness (QED) is 0.816. The number of thioether (sulfide) groups is 1. The number of carboxylic acids is 1. The number of alkyl halides is 3. The smallest absolute Gasteiger partial charge is 0.405 e. The molecule has 0 saturated carbocycles. The van der Waals surface area contributed by atoms with Crippen molar-refractivity contribution in [3.05, 3.63) is 29.8 Å². The third-order valence-corrected chi connectivity index (χ3v) is 2.97. The number of amides is 1. The van der Waals surface area contributed by atoms with Crippen LogP contribution in [0.5, 0.6) is 0 Å². The van der Waals surface area contributed by atoms with E-state index in [1.807, 2.05) is 0 Å². The maximum absolute atomic E-state index is 11.8. The van der Waals surface area contributed by atoms with Crippen LogP contribution >= 0.6 is 11.8 Å². The number of benzene rings is 1. The van der Waals surface area contributed by atoms with Crippen molar-refractivity contribution >= 4 is 23.6 Å². The SMILES string of the molecule is O=C(CSc1ccc(C(=O)O)cc1)NCC(F)(F)F. The first-order chi connectivity index (χ1) is 8.78. The van der Waals surface area contributed by atoms with Gasteiger partial charge in [-0.3, -0.25) is 4.79 Å². The minimum atomic E-state index is -4.43. The Bertz CT molecular complexity index is 459. The predicted octanol–water partition coefficient (Wildman–Crippen LogP) is 2.16. The molecule has 0 spiro atoms. The minimum Gasteiger partial charge on any atom is -0.478 e. The summed E-state index contributed by atoms with van der Waals surface area (Å²) in [4.78, 5) is 22.3. The zero-order valence-electron chi connectivity index (χ0n) is 9.53. The van der Waals surface area contributed by atoms with Crippen molar-refractivity contribution in [2.45, 2.75) is 11.1 Å². The molecule has 0 aliphatic heterocycles. The van der Waals surface area contributed by atoms with Gasteiger partial charge >= 0.3 is 12.1 Å². The van der Waals surface area contributed by atoms with Crippen molar-refractivity contribution in [3.8, 4) is 0 Å². The number of aromatic carboxylic acids is 1. The molecule has 2 N–H and O–H groups in total. The van der Waals surface area contributed by atoms with Gasteiger partial charge in [-0.25, -0.2) is 4.79 Å². The number of rotatable bonds is 5. The van der Waals surface area contributed by atoms with Gasteiger partial charge in [0.1, 0.15) is 6.54 Å². The summed E-state index contributed by atoms with van der Waals surface area (Å²) in [5.74, 6) is -1.97. The second-order valence-electron chi connectivity index (χ2n) is 3.51. The van der Waals surface area contributed by atoms with Crippen molar-refractivity contribution in [3.63, 3.8) is 0 Å². The summed E-state index contributed by atoms with van der Waals surface area (Å²) in [5, 5.41) is 10.4. The Morgan fingerprint density at radius 1 is 1.21 bits per heavy atom. The molecule has 0 fully saturated rings. The number of carbonyl (C=O) groups is 2. The lowest BCUT2D eigenvalue weighted by molar-refractivity contribution is -0.136. The van der Waals surface area contributed by atoms with Gasteiger partial charge in [0.15, 0.2) is 0 Å². The molecule has 1 aromatic rings. The van der Waals surface area contributed by atoms with Gasteiger partial charge in [0.25, 0.3) is 0 Å². The van der Waals surface area contributed by atoms with Gasteiger partial charge in [-0.15, -0.1) is 11.8 Å². The van der Waals surface area contributed by atoms with Crippen LogP contribution in [0.3, 0.4) is 0 Å². The van der Waals surface area contributed by atoms with Crippen LogP contribution in [0.1, 0.15) is 10.4 Å². The molecule has 1 aromatic carbocycles. The van der Waals surface area contributed by atoms with Gasteiger partial charge in [0.2, 0.25) is 5.91 Å². The molecule has 4 nitrogen and oxygen atoms in total. The summed E-state index contributed by atoms with van der Waals surface area (Å²) >= 11 is 1.03. The van der Waals surface area contributed by atoms with Gasteiger partial charge in [-0.05, 0) is 24.3 Å². The first kappa shape index (κ1) is 15.4. The summed E-state index contributed by atoms with van der Waals surface area (Å²) in [6, 6.07) is 5.70. The number of carbonyl (C=O) groups excluding carboxylic acids is 1. The first-order valence-electron chi connectivity index (χ1n) is 5.07. The Kier molecular flexibility index (Phi) is 5.22. The minimum absolute atomic E-state index is 0.103. The van der Waals surface area contributed by atoms with E-state index in [-0.39, 0.29) is 11.3 Å². The lowest BCUT2D eigenvalue weighted by Crippen LogP contribution is -2.34. The molecule has 0 bridgehead atoms. The monoisotopic (exact) mass is 293 g/mol. The van der Waals surface area contributed by atoms with Crippen LogP contribution < -0.4 is 5.32 Å². The summed E-state index contributed by atoms with van der Waals surface area (Å²) in [6.45, 7) is -1.36. The summed E-state index contributed by atoms with van der Waals surface area (Å²) in [6.07, 6.45) is -4.43. The van der Waals surface area contributed by atoms with Crippen LogP contribution in [-0.2, 0) is 4.79 Å². The second-order valence-corrected chi connectivity index (χ2v) is 4.56. The standard InChI is InChI=1S/C11H10F3NO3S/c12-11(13,14)6-15-9(16)5-19-8-3-1-7(2-4-8)10(17)18/h1-4H,5-6H2,(H,15,16)(H,17,18). The topological polar surface area (TPSA) is 66.4 Å². The number of nitrogens with one attached hydrogen (secondary N) is 1. The van der Waals surface area contributed by atoms with E-state index in [4.69, 9.17) is 5.11 Å². The third-order valence-electron chi connectivity index (χ3n) is 1.96. The van der Waals surface area contributed by atoms with E-state index in [1.54, 1.807) is 5.32 Å². The maximum atomic E-state index is 11.8. The molecular weight excluding hydrogens is 283 g/mol. The summed E-state index contributed by atoms with van der Waals surface area (Å²) < 4.78 is 35.5. The van der Waals surface area contributed by atoms with Crippen LogP contribution in [-0.4, -0.2) is 35.5 Å². The van der Waals surface area contributed by atoms with E-state index >= 15 is 0 Å². The first-order valence-corrected chi connectivity index (χ1v) is 6.06. The molecule has 19 heavy (non-hydrogen) atoms. The molecule has 0 aliphatic rings. The number of carboxylic acid groups (broad SMARTS) is 1. The zero-order valence-corrected chi connectivity index (χ0v) is 10.3. The zero-order chi connectivity index (χ0) is 14.5. The lowest BCUT2D eigenvalue weighted by atomic mass is 10.2. The Morgan fingerprint density at radius 2 is 1.79 bits per heavy atom. The van der Waals surface area contributed by atoms with Crippen molar-refractivity contribution in [1.29, 1.82) is 0 Å². The maximum Gasteiger partial charge on any atom is 0.405 e. The Hall–Kier alpha value is -1.70. The van der Waals surface area contributed by atoms with Crippen LogP contribution in [0.2, 0.25) is 0 Å². The van der Waals surface area contributed by atoms with Crippen molar-refractivity contribution < 1.29 is 27.9 Å². The molecule has 0 aliphatic carbocycles. The lowest BCUT2D eigenvalue weighted by Gasteiger charge is -2.08. The Labute approximate surface area is 111 Å². The average molecular weight is 293 g/mol. The molecular formula is C11H10F3NO3S. The molecule has 8 heteroatoms. The largest absolute Gasteiger partial charge is 0.478 e. The predicted molar refractivity (Wildman–Crippen MR) is 63.2 cm³/mol. The fourth-order valence-electron chi connectivity index (χ4n) is 1.09. The van der Waals surface area contributed by atoms with Crippen LogP contribution in [0.25, 0.3) is 0 Å². The third kappa shape index (κ3) is 6.14. The highest BCUT2D eigenvalue weighted by Crippen LogP contribution is 2.18. The number of hydrogen-bond donors (Lipinski definition) is 2. The normalized spacial score (nSPS) is 11.1. The fourth-order valence-corrected chi connectivity index (χ4v) is 1.82. The van der Waals surface area contributed by atoms with Crippen molar-refractivity contribution in [2.24, 2.45) is 0 Å². The highest BCUT2D eigenvalue weighted by molar-refractivity contribution is 8.00. The van der Waals surface area contributed by atoms with Gasteiger partial charge in [-0.1, -0.05) is 0 Å². The van der Waals surface area contributed by atoms with E-state index in [1.165, 1.54) is 24.3 Å². The van der Waals surface area contributed by atoms with Crippen LogP contribution in [0.4, 0.5) is 13.2 Å². The average Bonchev–Trinajstić information content (AvgIpc) is 2.33. The number of hydrogen-bond acceptors (Lipinski definition) is 3. The van der Waals surface area contributed by atoms with E-state index in [9.17, 15) is 22.8 Å². The fraction of sp³-hybridized carbons (Fsp3) is 0.273. The summed E-state index contributed by atoms with van der Waals surface area (Å²) in [5.41, 5.74) is 0.103. The summed E-state index contributed by atoms with van der Waals surface area (Å²) in [7, 11) is 0. The highest BCUT2D eigenvalue weighted by Gasteiger charge is 2.27. The molecule has 1 rings (SSSR count). The molecule has 0 atom stereocenters. The Morgan fingerprint density at radius 3 is 2.26 bits per heavy atom. The van der Waals surface area contributed by atoms with E-state index in [0.717, 1.165) is 11.8 Å². The van der Waals surface area contributed by atoms with E-state index in [2.05, 4.69) is 0 Å². The van der Waals surface area contributed by atoms with Crippen LogP contribution in [0, 0.1) is 0 Å². The van der Waals surface area contributed by atoms with Crippen molar-refractivity contribution in [2.75, 3.05) is 12.3 Å². The van der Waals surface area contributed by atoms with Gasteiger partial charge in [0, 0.05) is 4.90 Å². The molecule has 104 valence electrons. The van der Waals surface area contributed by atoms with E-state index in [0.29, 0.717) is 4.90 Å². The van der Waals surface area contributed by atoms with Gasteiger partial charge < -0.3 is 10.4 Å². The Balaban J connectivity index is 2.40. The molecule has 0 aromatic heterocycles. The van der Waals surface area contributed by atoms with Gasteiger partial charge in [-0.2, -0.15) is 13.2 Å². The molecule has 0 unspecified atom stereocenters. The van der Waals surface area contributed by atoms with Crippen LogP contribution in [0.15, 0.2) is 29.2 Å². The van der Waals surface area contributed by atoms with E-state index < -0.39 is 24.6 Å². The van der Waals surface area contributed by atoms with Gasteiger partial charge in [0.05, 0.1) is 11.3 Å². The molecule has 0 saturated heterocycles. The second kappa shape index (κ2) is 6.46.